The van der Waals surface area contributed by atoms with Gasteiger partial charge in [0.05, 0.1) is 19.3 Å². The van der Waals surface area contributed by atoms with Crippen LogP contribution in [0.3, 0.4) is 0 Å². The average Bonchev–Trinajstić information content (AvgIpc) is 3.03. The van der Waals surface area contributed by atoms with Crippen molar-refractivity contribution >= 4 is 5.97 Å². The molecule has 0 aromatic rings. The van der Waals surface area contributed by atoms with Gasteiger partial charge in [-0.05, 0) is 74.5 Å². The quantitative estimate of drug-likeness (QED) is 0.213. The van der Waals surface area contributed by atoms with Crippen LogP contribution >= 0.6 is 0 Å². The van der Waals surface area contributed by atoms with Crippen molar-refractivity contribution in [3.05, 3.63) is 12.2 Å². The average molecular weight is 441 g/mol. The van der Waals surface area contributed by atoms with Gasteiger partial charge < -0.3 is 14.9 Å². The molecule has 0 radical (unpaired) electrons. The third-order valence-electron chi connectivity index (χ3n) is 7.26. The van der Waals surface area contributed by atoms with E-state index in [9.17, 15) is 15.0 Å². The van der Waals surface area contributed by atoms with Gasteiger partial charge in [-0.3, -0.25) is 4.79 Å². The number of aliphatic hydroxyl groups is 2. The Kier molecular flexibility index (Phi) is 16.3. The minimum absolute atomic E-state index is 0.144. The second-order valence-corrected chi connectivity index (χ2v) is 9.24. The lowest BCUT2D eigenvalue weighted by molar-refractivity contribution is -0.140. The molecule has 2 aliphatic rings. The van der Waals surface area contributed by atoms with Gasteiger partial charge in [0.25, 0.3) is 0 Å². The smallest absolute Gasteiger partial charge is 0.305 e. The summed E-state index contributed by atoms with van der Waals surface area (Å²) in [6, 6.07) is 0. The molecule has 4 heteroatoms. The number of unbranched alkanes of at least 4 members (excludes halogenated alkanes) is 1. The van der Waals surface area contributed by atoms with E-state index in [-0.39, 0.29) is 23.6 Å². The van der Waals surface area contributed by atoms with Gasteiger partial charge >= 0.3 is 5.97 Å². The first-order chi connectivity index (χ1) is 14.9. The minimum Gasteiger partial charge on any atom is -0.469 e. The van der Waals surface area contributed by atoms with Crippen LogP contribution in [0, 0.1) is 23.2 Å². The summed E-state index contributed by atoms with van der Waals surface area (Å²) < 4.78 is 4.66. The van der Waals surface area contributed by atoms with Crippen LogP contribution in [0.5, 0.6) is 0 Å². The van der Waals surface area contributed by atoms with Crippen LogP contribution in [0.25, 0.3) is 0 Å². The zero-order valence-corrected chi connectivity index (χ0v) is 21.5. The summed E-state index contributed by atoms with van der Waals surface area (Å²) in [7, 11) is 1.43. The molecule has 3 unspecified atom stereocenters. The maximum Gasteiger partial charge on any atom is 0.305 e. The molecule has 31 heavy (non-hydrogen) atoms. The van der Waals surface area contributed by atoms with E-state index in [2.05, 4.69) is 30.7 Å². The number of allylic oxidation sites excluding steroid dienone is 2. The zero-order chi connectivity index (χ0) is 23.9. The van der Waals surface area contributed by atoms with Crippen molar-refractivity contribution in [1.82, 2.24) is 0 Å². The minimum atomic E-state index is -0.200. The molecule has 4 nitrogen and oxygen atoms in total. The van der Waals surface area contributed by atoms with E-state index in [1.807, 2.05) is 27.7 Å². The van der Waals surface area contributed by atoms with Crippen LogP contribution in [-0.2, 0) is 9.53 Å². The van der Waals surface area contributed by atoms with E-state index < -0.39 is 0 Å². The maximum atomic E-state index is 11.1. The fraction of sp³-hybridized carbons (Fsp3) is 0.889. The molecule has 0 spiro atoms. The Morgan fingerprint density at radius 2 is 1.77 bits per heavy atom. The number of ether oxygens (including phenoxy) is 1. The second kappa shape index (κ2) is 16.7. The molecule has 184 valence electrons. The summed E-state index contributed by atoms with van der Waals surface area (Å²) in [6.07, 6.45) is 14.5. The molecule has 2 saturated carbocycles. The van der Waals surface area contributed by atoms with Crippen molar-refractivity contribution < 1.29 is 19.7 Å². The number of carbonyl (C=O) groups excluding carboxylic acids is 1. The highest BCUT2D eigenvalue weighted by molar-refractivity contribution is 5.69. The predicted octanol–water partition coefficient (Wildman–Crippen LogP) is 6.68. The van der Waals surface area contributed by atoms with Crippen LogP contribution in [0.2, 0.25) is 0 Å². The Morgan fingerprint density at radius 1 is 1.13 bits per heavy atom. The van der Waals surface area contributed by atoms with E-state index in [4.69, 9.17) is 0 Å². The number of esters is 1. The van der Waals surface area contributed by atoms with E-state index in [0.29, 0.717) is 24.2 Å². The van der Waals surface area contributed by atoms with Gasteiger partial charge in [0.15, 0.2) is 0 Å². The Morgan fingerprint density at radius 3 is 2.32 bits per heavy atom. The molecule has 5 atom stereocenters. The number of aliphatic hydroxyl groups excluding tert-OH is 2. The molecular weight excluding hydrogens is 388 g/mol. The van der Waals surface area contributed by atoms with Gasteiger partial charge in [-0.25, -0.2) is 0 Å². The number of rotatable bonds is 11. The highest BCUT2D eigenvalue weighted by Gasteiger charge is 2.40. The maximum absolute atomic E-state index is 11.1. The molecule has 0 aromatic heterocycles. The Hall–Kier alpha value is -0.870. The third-order valence-corrected chi connectivity index (χ3v) is 7.26. The molecule has 0 aromatic carbocycles. The number of methoxy groups -OCH3 is 1. The normalized spacial score (nSPS) is 27.4. The number of hydrogen-bond acceptors (Lipinski definition) is 4. The van der Waals surface area contributed by atoms with E-state index in [0.717, 1.165) is 57.8 Å². The molecule has 2 N–H and O–H groups in total. The van der Waals surface area contributed by atoms with Crippen molar-refractivity contribution in [3.63, 3.8) is 0 Å². The first kappa shape index (κ1) is 30.1. The van der Waals surface area contributed by atoms with E-state index in [1.165, 1.54) is 13.5 Å². The predicted molar refractivity (Wildman–Crippen MR) is 131 cm³/mol. The lowest BCUT2D eigenvalue weighted by Crippen LogP contribution is -2.38. The monoisotopic (exact) mass is 440 g/mol. The summed E-state index contributed by atoms with van der Waals surface area (Å²) in [4.78, 5) is 11.1. The lowest BCUT2D eigenvalue weighted by atomic mass is 9.65. The zero-order valence-electron chi connectivity index (χ0n) is 21.5. The van der Waals surface area contributed by atoms with Crippen molar-refractivity contribution in [2.45, 2.75) is 124 Å². The SMILES string of the molecule is CC.CC.COC(=O)CCC/C=C\C[C@H]1C(C)CC(O)[C@@H]1CCCC(O)C1(C)CCC1. The van der Waals surface area contributed by atoms with E-state index in [1.54, 1.807) is 0 Å². The van der Waals surface area contributed by atoms with Crippen LogP contribution in [-0.4, -0.2) is 35.5 Å². The van der Waals surface area contributed by atoms with Crippen molar-refractivity contribution in [2.75, 3.05) is 7.11 Å². The molecule has 0 heterocycles. The first-order valence-electron chi connectivity index (χ1n) is 13.0. The Bertz CT molecular complexity index is 484. The van der Waals surface area contributed by atoms with Crippen LogP contribution in [0.4, 0.5) is 0 Å². The van der Waals surface area contributed by atoms with Gasteiger partial charge in [-0.1, -0.05) is 66.5 Å². The van der Waals surface area contributed by atoms with Crippen LogP contribution in [0.1, 0.15) is 112 Å². The molecule has 0 saturated heterocycles. The number of hydrogen-bond donors (Lipinski definition) is 2. The molecule has 2 fully saturated rings. The fourth-order valence-corrected chi connectivity index (χ4v) is 5.05. The Balaban J connectivity index is 0.00000212. The van der Waals surface area contributed by atoms with Crippen LogP contribution < -0.4 is 0 Å². The third kappa shape index (κ3) is 10.1. The van der Waals surface area contributed by atoms with Crippen molar-refractivity contribution in [2.24, 2.45) is 23.2 Å². The van der Waals surface area contributed by atoms with E-state index >= 15 is 0 Å². The van der Waals surface area contributed by atoms with Crippen molar-refractivity contribution in [1.29, 1.82) is 0 Å². The highest BCUT2D eigenvalue weighted by Crippen LogP contribution is 2.46. The molecule has 2 aliphatic carbocycles. The summed E-state index contributed by atoms with van der Waals surface area (Å²) in [5, 5.41) is 21.0. The first-order valence-corrected chi connectivity index (χ1v) is 13.0. The Labute approximate surface area is 192 Å². The fourth-order valence-electron chi connectivity index (χ4n) is 5.05. The highest BCUT2D eigenvalue weighted by atomic mass is 16.5. The van der Waals surface area contributed by atoms with Crippen molar-refractivity contribution in [3.8, 4) is 0 Å². The largest absolute Gasteiger partial charge is 0.469 e. The standard InChI is InChI=1S/C23H40O4.2C2H6/c1-17-16-20(24)19(11-8-12-21(25)23(2)14-9-15-23)18(17)10-6-4-5-7-13-22(26)27-3;2*1-2/h4,6,17-21,24-25H,5,7-16H2,1-3H3;2*1-2H3/b6-4-;;/t17?,18-,19+,20?,21?;;/m0../s1. The summed E-state index contributed by atoms with van der Waals surface area (Å²) in [5.74, 6) is 1.27. The lowest BCUT2D eigenvalue weighted by Gasteiger charge is -2.42. The summed E-state index contributed by atoms with van der Waals surface area (Å²) in [6.45, 7) is 12.5. The van der Waals surface area contributed by atoms with Gasteiger partial charge in [0.1, 0.15) is 0 Å². The van der Waals surface area contributed by atoms with Gasteiger partial charge in [0, 0.05) is 6.42 Å². The molecule has 0 bridgehead atoms. The van der Waals surface area contributed by atoms with Gasteiger partial charge in [0.2, 0.25) is 0 Å². The second-order valence-electron chi connectivity index (χ2n) is 9.24. The molecule has 2 rings (SSSR count). The molecular formula is C27H52O4. The molecule has 0 aliphatic heterocycles. The van der Waals surface area contributed by atoms with Crippen LogP contribution in [0.15, 0.2) is 12.2 Å². The topological polar surface area (TPSA) is 66.8 Å². The summed E-state index contributed by atoms with van der Waals surface area (Å²) in [5.41, 5.74) is 0.147. The number of carbonyl (C=O) groups is 1. The van der Waals surface area contributed by atoms with Gasteiger partial charge in [-0.15, -0.1) is 0 Å². The molecule has 0 amide bonds. The summed E-state index contributed by atoms with van der Waals surface area (Å²) >= 11 is 0. The van der Waals surface area contributed by atoms with Gasteiger partial charge in [-0.2, -0.15) is 0 Å².